The Morgan fingerprint density at radius 1 is 1.33 bits per heavy atom. The van der Waals surface area contributed by atoms with Gasteiger partial charge in [-0.2, -0.15) is 0 Å². The first-order chi connectivity index (χ1) is 6.99. The summed E-state index contributed by atoms with van der Waals surface area (Å²) in [5.41, 5.74) is 0.692. The van der Waals surface area contributed by atoms with Crippen LogP contribution in [-0.4, -0.2) is 0 Å². The van der Waals surface area contributed by atoms with E-state index in [1.807, 2.05) is 0 Å². The Morgan fingerprint density at radius 3 is 2.47 bits per heavy atom. The maximum atomic E-state index is 2.50. The fourth-order valence-corrected chi connectivity index (χ4v) is 3.41. The molecule has 15 heavy (non-hydrogen) atoms. The van der Waals surface area contributed by atoms with Crippen molar-refractivity contribution in [2.75, 3.05) is 0 Å². The lowest BCUT2D eigenvalue weighted by molar-refractivity contribution is -0.0283. The molecule has 1 fully saturated rings. The van der Waals surface area contributed by atoms with Crippen molar-refractivity contribution in [3.05, 3.63) is 0 Å². The largest absolute Gasteiger partial charge is 0.0654 e. The molecule has 0 spiro atoms. The van der Waals surface area contributed by atoms with Gasteiger partial charge in [0.1, 0.15) is 0 Å². The van der Waals surface area contributed by atoms with Crippen LogP contribution in [0.15, 0.2) is 0 Å². The van der Waals surface area contributed by atoms with Crippen molar-refractivity contribution < 1.29 is 0 Å². The maximum Gasteiger partial charge on any atom is -0.0295 e. The molecule has 0 radical (unpaired) electrons. The van der Waals surface area contributed by atoms with Crippen molar-refractivity contribution in [1.29, 1.82) is 0 Å². The monoisotopic (exact) mass is 210 g/mol. The molecular formula is C15H30. The van der Waals surface area contributed by atoms with E-state index in [2.05, 4.69) is 34.6 Å². The van der Waals surface area contributed by atoms with Crippen LogP contribution in [0.1, 0.15) is 73.1 Å². The Bertz CT molecular complexity index is 182. The molecule has 0 nitrogen and oxygen atoms in total. The summed E-state index contributed by atoms with van der Waals surface area (Å²) in [6.45, 7) is 12.0. The molecule has 0 N–H and O–H groups in total. The van der Waals surface area contributed by atoms with E-state index in [1.54, 1.807) is 0 Å². The van der Waals surface area contributed by atoms with Gasteiger partial charge >= 0.3 is 0 Å². The van der Waals surface area contributed by atoms with Crippen LogP contribution >= 0.6 is 0 Å². The Kier molecular flexibility index (Phi) is 4.67. The van der Waals surface area contributed by atoms with Crippen LogP contribution in [0.5, 0.6) is 0 Å². The van der Waals surface area contributed by atoms with Crippen LogP contribution in [0.3, 0.4) is 0 Å². The van der Waals surface area contributed by atoms with E-state index in [1.165, 1.54) is 38.5 Å². The molecule has 0 aromatic heterocycles. The second-order valence-corrected chi connectivity index (χ2v) is 6.48. The van der Waals surface area contributed by atoms with Crippen LogP contribution in [0.4, 0.5) is 0 Å². The van der Waals surface area contributed by atoms with Gasteiger partial charge in [0.05, 0.1) is 0 Å². The predicted molar refractivity (Wildman–Crippen MR) is 69.0 cm³/mol. The molecule has 0 bridgehead atoms. The molecule has 1 saturated carbocycles. The van der Waals surface area contributed by atoms with E-state index in [0.29, 0.717) is 5.41 Å². The quantitative estimate of drug-likeness (QED) is 0.560. The standard InChI is InChI=1S/C15H30/c1-6-10-15(5)11-14(13(15)4)9-7-8-12(2)3/h12-14H,6-11H2,1-5H3. The van der Waals surface area contributed by atoms with Crippen molar-refractivity contribution in [2.24, 2.45) is 23.2 Å². The van der Waals surface area contributed by atoms with Crippen LogP contribution in [0.2, 0.25) is 0 Å². The average molecular weight is 210 g/mol. The summed E-state index contributed by atoms with van der Waals surface area (Å²) in [5.74, 6) is 2.91. The van der Waals surface area contributed by atoms with Crippen molar-refractivity contribution in [3.8, 4) is 0 Å². The summed E-state index contributed by atoms with van der Waals surface area (Å²) in [6, 6.07) is 0. The Labute approximate surface area is 96.8 Å². The fraction of sp³-hybridized carbons (Fsp3) is 1.00. The molecule has 1 aliphatic rings. The van der Waals surface area contributed by atoms with E-state index in [-0.39, 0.29) is 0 Å². The highest BCUT2D eigenvalue weighted by Gasteiger charge is 2.45. The minimum absolute atomic E-state index is 0.692. The average Bonchev–Trinajstić information content (AvgIpc) is 2.16. The van der Waals surface area contributed by atoms with Gasteiger partial charge in [-0.3, -0.25) is 0 Å². The van der Waals surface area contributed by atoms with Crippen molar-refractivity contribution in [2.45, 2.75) is 73.1 Å². The first-order valence-electron chi connectivity index (χ1n) is 6.99. The zero-order chi connectivity index (χ0) is 11.5. The molecular weight excluding hydrogens is 180 g/mol. The molecule has 3 unspecified atom stereocenters. The molecule has 0 heterocycles. The lowest BCUT2D eigenvalue weighted by Gasteiger charge is -2.53. The minimum Gasteiger partial charge on any atom is -0.0654 e. The second-order valence-electron chi connectivity index (χ2n) is 6.48. The van der Waals surface area contributed by atoms with Gasteiger partial charge in [-0.05, 0) is 36.0 Å². The third kappa shape index (κ3) is 3.23. The highest BCUT2D eigenvalue weighted by molar-refractivity contribution is 4.95. The third-order valence-electron chi connectivity index (χ3n) is 4.71. The summed E-state index contributed by atoms with van der Waals surface area (Å²) in [5, 5.41) is 0. The first-order valence-corrected chi connectivity index (χ1v) is 6.99. The highest BCUT2D eigenvalue weighted by Crippen LogP contribution is 2.55. The van der Waals surface area contributed by atoms with E-state index >= 15 is 0 Å². The van der Waals surface area contributed by atoms with E-state index in [0.717, 1.165) is 17.8 Å². The number of hydrogen-bond acceptors (Lipinski definition) is 0. The molecule has 90 valence electrons. The Morgan fingerprint density at radius 2 is 2.00 bits per heavy atom. The number of hydrogen-bond donors (Lipinski definition) is 0. The van der Waals surface area contributed by atoms with Gasteiger partial charge in [0.15, 0.2) is 0 Å². The Hall–Kier alpha value is 0. The van der Waals surface area contributed by atoms with Crippen LogP contribution in [-0.2, 0) is 0 Å². The van der Waals surface area contributed by atoms with Crippen molar-refractivity contribution in [3.63, 3.8) is 0 Å². The zero-order valence-electron chi connectivity index (χ0n) is 11.5. The summed E-state index contributed by atoms with van der Waals surface area (Å²) < 4.78 is 0. The minimum atomic E-state index is 0.692. The molecule has 0 aromatic rings. The van der Waals surface area contributed by atoms with E-state index in [9.17, 15) is 0 Å². The first kappa shape index (κ1) is 13.1. The van der Waals surface area contributed by atoms with Gasteiger partial charge in [-0.25, -0.2) is 0 Å². The van der Waals surface area contributed by atoms with E-state index < -0.39 is 0 Å². The third-order valence-corrected chi connectivity index (χ3v) is 4.71. The fourth-order valence-electron chi connectivity index (χ4n) is 3.41. The smallest absolute Gasteiger partial charge is 0.0295 e. The van der Waals surface area contributed by atoms with Gasteiger partial charge in [-0.1, -0.05) is 60.3 Å². The molecule has 0 aromatic carbocycles. The lowest BCUT2D eigenvalue weighted by Crippen LogP contribution is -2.44. The van der Waals surface area contributed by atoms with Gasteiger partial charge in [0.2, 0.25) is 0 Å². The van der Waals surface area contributed by atoms with E-state index in [4.69, 9.17) is 0 Å². The summed E-state index contributed by atoms with van der Waals surface area (Å²) in [4.78, 5) is 0. The lowest BCUT2D eigenvalue weighted by atomic mass is 9.52. The van der Waals surface area contributed by atoms with Gasteiger partial charge < -0.3 is 0 Å². The van der Waals surface area contributed by atoms with Crippen molar-refractivity contribution >= 4 is 0 Å². The maximum absolute atomic E-state index is 2.50. The van der Waals surface area contributed by atoms with Crippen LogP contribution < -0.4 is 0 Å². The molecule has 0 amide bonds. The van der Waals surface area contributed by atoms with Crippen LogP contribution in [0.25, 0.3) is 0 Å². The molecule has 0 aliphatic heterocycles. The van der Waals surface area contributed by atoms with Gasteiger partial charge in [0.25, 0.3) is 0 Å². The molecule has 1 aliphatic carbocycles. The molecule has 0 heteroatoms. The zero-order valence-corrected chi connectivity index (χ0v) is 11.5. The van der Waals surface area contributed by atoms with Crippen molar-refractivity contribution in [1.82, 2.24) is 0 Å². The predicted octanol–water partition coefficient (Wildman–Crippen LogP) is 5.28. The SMILES string of the molecule is CCCC1(C)CC(CCCC(C)C)C1C. The van der Waals surface area contributed by atoms with Crippen LogP contribution in [0, 0.1) is 23.2 Å². The number of rotatable bonds is 6. The topological polar surface area (TPSA) is 0 Å². The molecule has 1 rings (SSSR count). The second kappa shape index (κ2) is 5.37. The van der Waals surface area contributed by atoms with Gasteiger partial charge in [-0.15, -0.1) is 0 Å². The normalized spacial score (nSPS) is 35.6. The molecule has 3 atom stereocenters. The summed E-state index contributed by atoms with van der Waals surface area (Å²) in [6.07, 6.45) is 8.66. The molecule has 0 saturated heterocycles. The Balaban J connectivity index is 2.20. The summed E-state index contributed by atoms with van der Waals surface area (Å²) in [7, 11) is 0. The highest BCUT2D eigenvalue weighted by atomic mass is 14.5. The summed E-state index contributed by atoms with van der Waals surface area (Å²) >= 11 is 0. The van der Waals surface area contributed by atoms with Gasteiger partial charge in [0, 0.05) is 0 Å².